The first kappa shape index (κ1) is 34.6. The molecule has 3 rings (SSSR count). The van der Waals surface area contributed by atoms with Gasteiger partial charge in [0, 0.05) is 24.1 Å². The molecule has 3 atom stereocenters. The molecular weight excluding hydrogens is 631 g/mol. The molecule has 11 nitrogen and oxygen atoms in total. The Morgan fingerprint density at radius 3 is 2.36 bits per heavy atom. The number of Topliss-reactive ketones (excluding diaryl/α,β-unsaturated/α-hetero) is 1. The predicted molar refractivity (Wildman–Crippen MR) is 152 cm³/mol. The van der Waals surface area contributed by atoms with Crippen LogP contribution in [0.5, 0.6) is 0 Å². The first-order chi connectivity index (χ1) is 20.6. The van der Waals surface area contributed by atoms with Crippen molar-refractivity contribution >= 4 is 45.0 Å². The van der Waals surface area contributed by atoms with Crippen molar-refractivity contribution in [3.8, 4) is 0 Å². The van der Waals surface area contributed by atoms with E-state index in [2.05, 4.69) is 10.6 Å². The topological polar surface area (TPSA) is 167 Å². The summed E-state index contributed by atoms with van der Waals surface area (Å²) in [6.45, 7) is 2.15. The molecule has 4 N–H and O–H groups in total. The molecule has 0 spiro atoms. The van der Waals surface area contributed by atoms with E-state index in [1.54, 1.807) is 12.1 Å². The highest BCUT2D eigenvalue weighted by Crippen LogP contribution is 2.29. The molecule has 0 fully saturated rings. The summed E-state index contributed by atoms with van der Waals surface area (Å²) in [6, 6.07) is 6.21. The lowest BCUT2D eigenvalue weighted by molar-refractivity contribution is -0.150. The van der Waals surface area contributed by atoms with Crippen LogP contribution in [0.15, 0.2) is 58.0 Å². The van der Waals surface area contributed by atoms with Crippen LogP contribution >= 0.6 is 11.6 Å². The Balaban J connectivity index is 1.52. The number of alkyl halides is 1. The van der Waals surface area contributed by atoms with Gasteiger partial charge in [0.1, 0.15) is 28.9 Å². The van der Waals surface area contributed by atoms with Gasteiger partial charge in [-0.05, 0) is 50.2 Å². The predicted octanol–water partition coefficient (Wildman–Crippen LogP) is 4.15. The van der Waals surface area contributed by atoms with Gasteiger partial charge < -0.3 is 24.5 Å². The van der Waals surface area contributed by atoms with Gasteiger partial charge in [-0.3, -0.25) is 4.79 Å². The number of benzene rings is 2. The zero-order valence-corrected chi connectivity index (χ0v) is 25.0. The smallest absolute Gasteiger partial charge is 0.340 e. The van der Waals surface area contributed by atoms with Crippen molar-refractivity contribution in [3.05, 3.63) is 82.3 Å². The van der Waals surface area contributed by atoms with Gasteiger partial charge in [0.05, 0.1) is 41.7 Å². The fraction of sp³-hybridized carbons (Fsp3) is 0.321. The van der Waals surface area contributed by atoms with E-state index in [1.807, 2.05) is 0 Å². The zero-order valence-electron chi connectivity index (χ0n) is 23.4. The van der Waals surface area contributed by atoms with Crippen molar-refractivity contribution in [2.45, 2.75) is 50.0 Å². The maximum Gasteiger partial charge on any atom is 0.340 e. The van der Waals surface area contributed by atoms with Gasteiger partial charge in [-0.15, -0.1) is 0 Å². The number of ether oxygens (including phenoxy) is 2. The number of carbonyl (C=O) groups is 3. The Morgan fingerprint density at radius 1 is 1.07 bits per heavy atom. The quantitative estimate of drug-likeness (QED) is 0.159. The second-order valence-electron chi connectivity index (χ2n) is 9.64. The van der Waals surface area contributed by atoms with Crippen LogP contribution in [-0.4, -0.2) is 57.6 Å². The SMILES string of the molecule is CC(COC(=O)C(F)CCOC(=O)c1cc(S(N)(=O)=O)c(Cl)cc1NCc1ccco1)N[C@@H](C)C(=O)c1cc(F)cc(F)c1. The molecule has 1 aromatic heterocycles. The molecule has 3 aromatic rings. The normalized spacial score (nSPS) is 13.5. The first-order valence-electron chi connectivity index (χ1n) is 13.0. The van der Waals surface area contributed by atoms with Crippen LogP contribution in [0.2, 0.25) is 5.02 Å². The Bertz CT molecular complexity index is 1590. The van der Waals surface area contributed by atoms with Gasteiger partial charge >= 0.3 is 11.9 Å². The second kappa shape index (κ2) is 15.2. The lowest BCUT2D eigenvalue weighted by atomic mass is 10.0. The van der Waals surface area contributed by atoms with E-state index in [0.717, 1.165) is 24.3 Å². The Hall–Kier alpha value is -3.92. The summed E-state index contributed by atoms with van der Waals surface area (Å²) < 4.78 is 80.3. The fourth-order valence-electron chi connectivity index (χ4n) is 3.93. The highest BCUT2D eigenvalue weighted by molar-refractivity contribution is 7.89. The number of sulfonamides is 1. The number of hydrogen-bond acceptors (Lipinski definition) is 10. The zero-order chi connectivity index (χ0) is 32.6. The number of primary sulfonamides is 1. The number of nitrogens with one attached hydrogen (secondary N) is 2. The van der Waals surface area contributed by atoms with Crippen molar-refractivity contribution in [3.63, 3.8) is 0 Å². The molecule has 0 aliphatic rings. The summed E-state index contributed by atoms with van der Waals surface area (Å²) in [7, 11) is -4.31. The van der Waals surface area contributed by atoms with E-state index in [4.69, 9.17) is 30.6 Å². The number of rotatable bonds is 15. The van der Waals surface area contributed by atoms with Crippen molar-refractivity contribution in [2.24, 2.45) is 5.14 Å². The highest BCUT2D eigenvalue weighted by Gasteiger charge is 2.25. The molecule has 0 radical (unpaired) electrons. The molecule has 0 amide bonds. The van der Waals surface area contributed by atoms with Crippen LogP contribution in [0.4, 0.5) is 18.9 Å². The van der Waals surface area contributed by atoms with Gasteiger partial charge in [-0.1, -0.05) is 11.6 Å². The Kier molecular flexibility index (Phi) is 11.9. The Morgan fingerprint density at radius 2 is 1.75 bits per heavy atom. The molecule has 0 saturated carbocycles. The minimum absolute atomic E-state index is 0.0803. The van der Waals surface area contributed by atoms with E-state index in [1.165, 1.54) is 20.1 Å². The minimum Gasteiger partial charge on any atom is -0.467 e. The molecule has 2 unspecified atom stereocenters. The standard InChI is InChI=1S/C28H29ClF3N3O8S/c1-15(35-16(2)26(36)17-8-18(30)10-19(31)9-17)14-43-28(38)23(32)5-7-42-27(37)21-11-25(44(33,39)40)22(29)12-24(21)34-13-20-4-3-6-41-20/h3-4,6,8-12,15-16,23,34-35H,5,7,13-14H2,1-2H3,(H2,33,39,40)/t15?,16-,23?/m0/s1. The molecule has 0 aliphatic heterocycles. The maximum atomic E-state index is 14.5. The number of anilines is 1. The monoisotopic (exact) mass is 659 g/mol. The molecule has 0 bridgehead atoms. The van der Waals surface area contributed by atoms with Gasteiger partial charge in [0.2, 0.25) is 16.2 Å². The lowest BCUT2D eigenvalue weighted by Gasteiger charge is -2.20. The third-order valence-electron chi connectivity index (χ3n) is 6.04. The van der Waals surface area contributed by atoms with Gasteiger partial charge in [0.15, 0.2) is 5.78 Å². The van der Waals surface area contributed by atoms with Crippen molar-refractivity contribution in [2.75, 3.05) is 18.5 Å². The van der Waals surface area contributed by atoms with E-state index >= 15 is 0 Å². The van der Waals surface area contributed by atoms with Crippen LogP contribution in [0, 0.1) is 11.6 Å². The van der Waals surface area contributed by atoms with E-state index in [0.29, 0.717) is 11.8 Å². The van der Waals surface area contributed by atoms with Crippen LogP contribution in [0.1, 0.15) is 46.7 Å². The van der Waals surface area contributed by atoms with Gasteiger partial charge in [0.25, 0.3) is 0 Å². The number of carbonyl (C=O) groups excluding carboxylic acids is 3. The molecule has 238 valence electrons. The molecule has 16 heteroatoms. The molecular formula is C28H29ClF3N3O8S. The number of ketones is 1. The summed E-state index contributed by atoms with van der Waals surface area (Å²) in [4.78, 5) is 36.8. The van der Waals surface area contributed by atoms with Crippen molar-refractivity contribution in [1.29, 1.82) is 0 Å². The summed E-state index contributed by atoms with van der Waals surface area (Å²) in [6.07, 6.45) is -1.35. The van der Waals surface area contributed by atoms with Crippen LogP contribution in [0.3, 0.4) is 0 Å². The van der Waals surface area contributed by atoms with E-state index < -0.39 is 75.6 Å². The first-order valence-corrected chi connectivity index (χ1v) is 14.9. The summed E-state index contributed by atoms with van der Waals surface area (Å²) >= 11 is 6.04. The van der Waals surface area contributed by atoms with Crippen LogP contribution in [0.25, 0.3) is 0 Å². The Labute approximate surface area is 255 Å². The number of halogens is 4. The summed E-state index contributed by atoms with van der Waals surface area (Å²) in [5, 5.41) is 10.6. The molecule has 0 aliphatic carbocycles. The maximum absolute atomic E-state index is 14.5. The minimum atomic E-state index is -4.31. The average Bonchev–Trinajstić information content (AvgIpc) is 3.46. The summed E-state index contributed by atoms with van der Waals surface area (Å²) in [5.74, 6) is -4.25. The largest absolute Gasteiger partial charge is 0.467 e. The highest BCUT2D eigenvalue weighted by atomic mass is 35.5. The van der Waals surface area contributed by atoms with Crippen molar-refractivity contribution < 1.29 is 49.9 Å². The van der Waals surface area contributed by atoms with E-state index in [-0.39, 0.29) is 35.0 Å². The number of hydrogen-bond donors (Lipinski definition) is 3. The lowest BCUT2D eigenvalue weighted by Crippen LogP contribution is -2.43. The number of furan rings is 1. The fourth-order valence-corrected chi connectivity index (χ4v) is 5.03. The van der Waals surface area contributed by atoms with E-state index in [9.17, 15) is 36.0 Å². The molecule has 2 aromatic carbocycles. The number of esters is 2. The van der Waals surface area contributed by atoms with Gasteiger partial charge in [-0.2, -0.15) is 0 Å². The summed E-state index contributed by atoms with van der Waals surface area (Å²) in [5.41, 5.74) is -0.380. The second-order valence-corrected chi connectivity index (χ2v) is 11.6. The average molecular weight is 660 g/mol. The number of nitrogens with two attached hydrogens (primary N) is 1. The van der Waals surface area contributed by atoms with Crippen LogP contribution < -0.4 is 15.8 Å². The molecule has 0 saturated heterocycles. The molecule has 1 heterocycles. The van der Waals surface area contributed by atoms with Crippen LogP contribution in [-0.2, 0) is 30.8 Å². The third-order valence-corrected chi connectivity index (χ3v) is 7.42. The van der Waals surface area contributed by atoms with Crippen molar-refractivity contribution in [1.82, 2.24) is 5.32 Å². The molecule has 44 heavy (non-hydrogen) atoms. The van der Waals surface area contributed by atoms with Gasteiger partial charge in [-0.25, -0.2) is 36.3 Å². The third kappa shape index (κ3) is 9.80.